The van der Waals surface area contributed by atoms with E-state index in [0.29, 0.717) is 8.59 Å². The second-order valence-electron chi connectivity index (χ2n) is 2.60. The van der Waals surface area contributed by atoms with Crippen LogP contribution < -0.4 is 0 Å². The van der Waals surface area contributed by atoms with Gasteiger partial charge >= 0.3 is 0 Å². The lowest BCUT2D eigenvalue weighted by Gasteiger charge is -2.01. The molecule has 0 bridgehead atoms. The molecule has 0 amide bonds. The molecule has 0 aromatic heterocycles. The normalized spacial score (nSPS) is 9.93. The van der Waals surface area contributed by atoms with Crippen LogP contribution >= 0.6 is 34.2 Å². The van der Waals surface area contributed by atoms with Crippen LogP contribution in [0.2, 0.25) is 5.02 Å². The highest BCUT2D eigenvalue weighted by Gasteiger charge is 2.19. The molecule has 14 heavy (non-hydrogen) atoms. The molecule has 0 fully saturated rings. The SMILES string of the molecule is CC(=O)c1cc(Cl)c(I)cc1[N+](=O)[O-]. The van der Waals surface area contributed by atoms with Gasteiger partial charge in [0.15, 0.2) is 5.78 Å². The third-order valence-electron chi connectivity index (χ3n) is 1.61. The molecule has 1 aromatic rings. The summed E-state index contributed by atoms with van der Waals surface area (Å²) in [5.41, 5.74) is -0.160. The molecule has 0 saturated carbocycles. The Balaban J connectivity index is 3.46. The van der Waals surface area contributed by atoms with Crippen LogP contribution in [0.1, 0.15) is 17.3 Å². The van der Waals surface area contributed by atoms with E-state index in [1.54, 1.807) is 0 Å². The van der Waals surface area contributed by atoms with Gasteiger partial charge in [-0.3, -0.25) is 14.9 Å². The average Bonchev–Trinajstić information content (AvgIpc) is 2.08. The molecule has 0 aliphatic carbocycles. The molecule has 6 heteroatoms. The number of carbonyl (C=O) groups excluding carboxylic acids is 1. The van der Waals surface area contributed by atoms with Gasteiger partial charge in [0.1, 0.15) is 0 Å². The van der Waals surface area contributed by atoms with Crippen molar-refractivity contribution in [3.63, 3.8) is 0 Å². The summed E-state index contributed by atoms with van der Waals surface area (Å²) in [4.78, 5) is 21.1. The Morgan fingerprint density at radius 3 is 2.57 bits per heavy atom. The summed E-state index contributed by atoms with van der Waals surface area (Å²) in [6.45, 7) is 1.27. The van der Waals surface area contributed by atoms with E-state index in [2.05, 4.69) is 0 Å². The first kappa shape index (κ1) is 11.4. The fraction of sp³-hybridized carbons (Fsp3) is 0.125. The molecule has 0 aliphatic rings. The van der Waals surface area contributed by atoms with E-state index >= 15 is 0 Å². The first-order valence-electron chi connectivity index (χ1n) is 3.58. The summed E-state index contributed by atoms with van der Waals surface area (Å²) in [6.07, 6.45) is 0. The van der Waals surface area contributed by atoms with Gasteiger partial charge in [-0.2, -0.15) is 0 Å². The molecule has 1 rings (SSSR count). The Labute approximate surface area is 98.5 Å². The minimum atomic E-state index is -0.588. The van der Waals surface area contributed by atoms with Crippen molar-refractivity contribution in [3.05, 3.63) is 36.4 Å². The standard InChI is InChI=1S/C8H5ClINO3/c1-4(12)5-2-6(9)7(10)3-8(5)11(13)14/h2-3H,1H3. The molecule has 0 unspecified atom stereocenters. The highest BCUT2D eigenvalue weighted by atomic mass is 127. The van der Waals surface area contributed by atoms with Crippen molar-refractivity contribution in [2.45, 2.75) is 6.92 Å². The Morgan fingerprint density at radius 1 is 1.57 bits per heavy atom. The van der Waals surface area contributed by atoms with Crippen molar-refractivity contribution in [1.82, 2.24) is 0 Å². The smallest absolute Gasteiger partial charge is 0.281 e. The van der Waals surface area contributed by atoms with E-state index < -0.39 is 4.92 Å². The number of halogens is 2. The maximum absolute atomic E-state index is 11.1. The summed E-state index contributed by atoms with van der Waals surface area (Å²) >= 11 is 7.63. The minimum Gasteiger partial charge on any atom is -0.294 e. The largest absolute Gasteiger partial charge is 0.294 e. The van der Waals surface area contributed by atoms with Gasteiger partial charge in [0, 0.05) is 9.64 Å². The molecule has 0 N–H and O–H groups in total. The van der Waals surface area contributed by atoms with E-state index in [-0.39, 0.29) is 17.0 Å². The zero-order valence-corrected chi connectivity index (χ0v) is 10.00. The number of rotatable bonds is 2. The van der Waals surface area contributed by atoms with Crippen LogP contribution in [0.3, 0.4) is 0 Å². The van der Waals surface area contributed by atoms with Gasteiger partial charge in [-0.05, 0) is 35.6 Å². The molecule has 0 radical (unpaired) electrons. The van der Waals surface area contributed by atoms with Crippen molar-refractivity contribution in [2.24, 2.45) is 0 Å². The predicted molar refractivity (Wildman–Crippen MR) is 60.8 cm³/mol. The topological polar surface area (TPSA) is 60.2 Å². The molecule has 0 heterocycles. The third kappa shape index (κ3) is 2.21. The van der Waals surface area contributed by atoms with Gasteiger partial charge in [-0.1, -0.05) is 11.6 Å². The minimum absolute atomic E-state index is 0.0421. The number of carbonyl (C=O) groups is 1. The van der Waals surface area contributed by atoms with Gasteiger partial charge in [-0.25, -0.2) is 0 Å². The molecular formula is C8H5ClINO3. The van der Waals surface area contributed by atoms with Crippen LogP contribution in [-0.2, 0) is 0 Å². The molecule has 0 atom stereocenters. The lowest BCUT2D eigenvalue weighted by atomic mass is 10.1. The van der Waals surface area contributed by atoms with Gasteiger partial charge < -0.3 is 0 Å². The summed E-state index contributed by atoms with van der Waals surface area (Å²) in [5, 5.41) is 10.9. The van der Waals surface area contributed by atoms with Gasteiger partial charge in [-0.15, -0.1) is 0 Å². The third-order valence-corrected chi connectivity index (χ3v) is 3.14. The first-order chi connectivity index (χ1) is 6.43. The van der Waals surface area contributed by atoms with Crippen LogP contribution in [0.4, 0.5) is 5.69 Å². The van der Waals surface area contributed by atoms with E-state index in [0.717, 1.165) is 0 Å². The zero-order valence-electron chi connectivity index (χ0n) is 7.08. The second-order valence-corrected chi connectivity index (χ2v) is 4.17. The van der Waals surface area contributed by atoms with Crippen LogP contribution in [0.15, 0.2) is 12.1 Å². The Hall–Kier alpha value is -0.690. The maximum atomic E-state index is 11.1. The fourth-order valence-corrected chi connectivity index (χ4v) is 1.58. The molecule has 0 spiro atoms. The summed E-state index contributed by atoms with van der Waals surface area (Å²) in [6, 6.07) is 2.61. The lowest BCUT2D eigenvalue weighted by Crippen LogP contribution is -2.00. The van der Waals surface area contributed by atoms with Gasteiger partial charge in [0.05, 0.1) is 15.5 Å². The quantitative estimate of drug-likeness (QED) is 0.363. The van der Waals surface area contributed by atoms with Gasteiger partial charge in [0.2, 0.25) is 0 Å². The van der Waals surface area contributed by atoms with Crippen LogP contribution in [0.5, 0.6) is 0 Å². The molecule has 0 saturated heterocycles. The van der Waals surface area contributed by atoms with E-state index in [9.17, 15) is 14.9 Å². The van der Waals surface area contributed by atoms with Gasteiger partial charge in [0.25, 0.3) is 5.69 Å². The van der Waals surface area contributed by atoms with Crippen molar-refractivity contribution in [1.29, 1.82) is 0 Å². The predicted octanol–water partition coefficient (Wildman–Crippen LogP) is 3.06. The molecule has 1 aromatic carbocycles. The Morgan fingerprint density at radius 2 is 2.14 bits per heavy atom. The number of hydrogen-bond acceptors (Lipinski definition) is 3. The second kappa shape index (κ2) is 4.22. The van der Waals surface area contributed by atoms with Crippen LogP contribution in [0.25, 0.3) is 0 Å². The number of benzene rings is 1. The summed E-state index contributed by atoms with van der Waals surface area (Å²) in [5.74, 6) is -0.366. The van der Waals surface area contributed by atoms with E-state index in [1.165, 1.54) is 19.1 Å². The maximum Gasteiger partial charge on any atom is 0.281 e. The highest BCUT2D eigenvalue weighted by Crippen LogP contribution is 2.28. The highest BCUT2D eigenvalue weighted by molar-refractivity contribution is 14.1. The van der Waals surface area contributed by atoms with Crippen molar-refractivity contribution >= 4 is 45.7 Å². The molecule has 0 aliphatic heterocycles. The number of nitrogens with zero attached hydrogens (tertiary/aromatic N) is 1. The average molecular weight is 325 g/mol. The van der Waals surface area contributed by atoms with Crippen LogP contribution in [0, 0.1) is 13.7 Å². The molecular weight excluding hydrogens is 320 g/mol. The number of hydrogen-bond donors (Lipinski definition) is 0. The number of nitro groups is 1. The first-order valence-corrected chi connectivity index (χ1v) is 5.03. The Bertz CT molecular complexity index is 380. The van der Waals surface area contributed by atoms with Crippen molar-refractivity contribution in [3.8, 4) is 0 Å². The van der Waals surface area contributed by atoms with Crippen LogP contribution in [-0.4, -0.2) is 10.7 Å². The molecule has 74 valence electrons. The summed E-state index contributed by atoms with van der Waals surface area (Å²) in [7, 11) is 0. The number of Topliss-reactive ketones (excluding diaryl/α,β-unsaturated/α-hetero) is 1. The van der Waals surface area contributed by atoms with E-state index in [1.807, 2.05) is 22.6 Å². The zero-order chi connectivity index (χ0) is 10.9. The fourth-order valence-electron chi connectivity index (χ4n) is 0.969. The lowest BCUT2D eigenvalue weighted by molar-refractivity contribution is -0.385. The summed E-state index contributed by atoms with van der Waals surface area (Å²) < 4.78 is 0.556. The Kier molecular flexibility index (Phi) is 3.43. The number of ketones is 1. The number of nitro benzene ring substituents is 1. The monoisotopic (exact) mass is 325 g/mol. The van der Waals surface area contributed by atoms with Crippen molar-refractivity contribution < 1.29 is 9.72 Å². The van der Waals surface area contributed by atoms with Crippen molar-refractivity contribution in [2.75, 3.05) is 0 Å². The van der Waals surface area contributed by atoms with E-state index in [4.69, 9.17) is 11.6 Å². The molecule has 4 nitrogen and oxygen atoms in total.